The summed E-state index contributed by atoms with van der Waals surface area (Å²) in [5.74, 6) is 6.02. The Bertz CT molecular complexity index is 1230. The number of benzene rings is 1. The Morgan fingerprint density at radius 2 is 1.97 bits per heavy atom. The fourth-order valence-electron chi connectivity index (χ4n) is 3.91. The Morgan fingerprint density at radius 3 is 2.76 bits per heavy atom. The number of carbonyl (C=O) groups is 1. The lowest BCUT2D eigenvalue weighted by molar-refractivity contribution is 0.255. The number of anilines is 2. The van der Waals surface area contributed by atoms with E-state index in [9.17, 15) is 14.3 Å². The van der Waals surface area contributed by atoms with Crippen molar-refractivity contribution >= 4 is 17.4 Å². The van der Waals surface area contributed by atoms with Crippen LogP contribution < -0.4 is 10.6 Å². The molecular formula is C26H26FN5O2. The normalized spacial score (nSPS) is 14.2. The molecule has 0 radical (unpaired) electrons. The van der Waals surface area contributed by atoms with Gasteiger partial charge in [-0.2, -0.15) is 4.39 Å². The van der Waals surface area contributed by atoms with Gasteiger partial charge in [0.1, 0.15) is 5.69 Å². The first-order valence-corrected chi connectivity index (χ1v) is 11.1. The summed E-state index contributed by atoms with van der Waals surface area (Å²) in [7, 11) is 2.16. The highest BCUT2D eigenvalue weighted by atomic mass is 19.1. The van der Waals surface area contributed by atoms with Gasteiger partial charge >= 0.3 is 6.03 Å². The largest absolute Gasteiger partial charge is 0.392 e. The maximum absolute atomic E-state index is 13.4. The second-order valence-corrected chi connectivity index (χ2v) is 8.28. The van der Waals surface area contributed by atoms with E-state index in [0.717, 1.165) is 37.6 Å². The number of hydrogen-bond donors (Lipinski definition) is 3. The van der Waals surface area contributed by atoms with Crippen LogP contribution in [0.25, 0.3) is 0 Å². The van der Waals surface area contributed by atoms with Gasteiger partial charge in [0.05, 0.1) is 12.3 Å². The predicted octanol–water partition coefficient (Wildman–Crippen LogP) is 3.96. The van der Waals surface area contributed by atoms with Gasteiger partial charge in [-0.3, -0.25) is 0 Å². The highest BCUT2D eigenvalue weighted by Gasteiger charge is 2.18. The molecule has 0 spiro atoms. The SMILES string of the molecule is CN1CCC(c2cccc(C#Cc3cc(NC(=O)Nc4cc(F)ncc4CO)ccn3)c2)CC1. The number of pyridine rings is 2. The van der Waals surface area contributed by atoms with Gasteiger partial charge in [0, 0.05) is 35.3 Å². The van der Waals surface area contributed by atoms with Crippen molar-refractivity contribution < 1.29 is 14.3 Å². The maximum atomic E-state index is 13.4. The molecule has 174 valence electrons. The zero-order valence-electron chi connectivity index (χ0n) is 18.9. The predicted molar refractivity (Wildman–Crippen MR) is 129 cm³/mol. The molecule has 0 atom stereocenters. The van der Waals surface area contributed by atoms with Crippen molar-refractivity contribution in [3.8, 4) is 11.8 Å². The molecule has 1 saturated heterocycles. The van der Waals surface area contributed by atoms with E-state index >= 15 is 0 Å². The number of urea groups is 1. The third-order valence-corrected chi connectivity index (χ3v) is 5.80. The molecule has 4 rings (SSSR count). The molecule has 8 heteroatoms. The monoisotopic (exact) mass is 459 g/mol. The summed E-state index contributed by atoms with van der Waals surface area (Å²) in [5, 5.41) is 14.5. The number of halogens is 1. The second-order valence-electron chi connectivity index (χ2n) is 8.28. The molecular weight excluding hydrogens is 433 g/mol. The highest BCUT2D eigenvalue weighted by molar-refractivity contribution is 6.00. The number of aliphatic hydroxyl groups is 1. The number of aromatic nitrogens is 2. The maximum Gasteiger partial charge on any atom is 0.323 e. The Hall–Kier alpha value is -3.80. The fourth-order valence-corrected chi connectivity index (χ4v) is 3.91. The third kappa shape index (κ3) is 6.16. The minimum Gasteiger partial charge on any atom is -0.392 e. The minimum atomic E-state index is -0.756. The summed E-state index contributed by atoms with van der Waals surface area (Å²) in [6.07, 6.45) is 5.03. The van der Waals surface area contributed by atoms with Crippen molar-refractivity contribution in [2.24, 2.45) is 0 Å². The first-order valence-electron chi connectivity index (χ1n) is 11.1. The van der Waals surface area contributed by atoms with Crippen molar-refractivity contribution in [2.75, 3.05) is 30.8 Å². The molecule has 1 fully saturated rings. The lowest BCUT2D eigenvalue weighted by Gasteiger charge is -2.29. The van der Waals surface area contributed by atoms with Crippen LogP contribution in [0.3, 0.4) is 0 Å². The molecule has 1 aliphatic heterocycles. The van der Waals surface area contributed by atoms with Gasteiger partial charge in [-0.1, -0.05) is 18.1 Å². The number of rotatable bonds is 4. The molecule has 0 unspecified atom stereocenters. The molecule has 2 aromatic heterocycles. The van der Waals surface area contributed by atoms with Crippen LogP contribution in [0, 0.1) is 17.8 Å². The number of carbonyl (C=O) groups excluding carboxylic acids is 1. The van der Waals surface area contributed by atoms with E-state index in [1.54, 1.807) is 18.3 Å². The van der Waals surface area contributed by atoms with E-state index in [4.69, 9.17) is 0 Å². The topological polar surface area (TPSA) is 90.4 Å². The van der Waals surface area contributed by atoms with E-state index in [0.29, 0.717) is 22.9 Å². The van der Waals surface area contributed by atoms with Gasteiger partial charge in [0.15, 0.2) is 0 Å². The summed E-state index contributed by atoms with van der Waals surface area (Å²) in [6, 6.07) is 12.1. The van der Waals surface area contributed by atoms with E-state index < -0.39 is 12.0 Å². The number of aliphatic hydroxyl groups excluding tert-OH is 1. The quantitative estimate of drug-likeness (QED) is 0.406. The molecule has 2 amide bonds. The molecule has 1 aliphatic rings. The summed E-state index contributed by atoms with van der Waals surface area (Å²) < 4.78 is 13.4. The Morgan fingerprint density at radius 1 is 1.15 bits per heavy atom. The summed E-state index contributed by atoms with van der Waals surface area (Å²) in [6.45, 7) is 1.83. The molecule has 3 aromatic rings. The Balaban J connectivity index is 1.42. The fraction of sp³-hybridized carbons (Fsp3) is 0.269. The van der Waals surface area contributed by atoms with Crippen LogP contribution in [0.4, 0.5) is 20.6 Å². The van der Waals surface area contributed by atoms with Gasteiger partial charge in [0.25, 0.3) is 0 Å². The number of amides is 2. The van der Waals surface area contributed by atoms with E-state index in [-0.39, 0.29) is 12.3 Å². The average molecular weight is 460 g/mol. The lowest BCUT2D eigenvalue weighted by atomic mass is 9.89. The van der Waals surface area contributed by atoms with E-state index in [1.165, 1.54) is 11.8 Å². The number of likely N-dealkylation sites (tertiary alicyclic amines) is 1. The Kier molecular flexibility index (Phi) is 7.48. The van der Waals surface area contributed by atoms with Crippen molar-refractivity contribution in [2.45, 2.75) is 25.4 Å². The van der Waals surface area contributed by atoms with Gasteiger partial charge in [0.2, 0.25) is 5.95 Å². The lowest BCUT2D eigenvalue weighted by Crippen LogP contribution is -2.29. The molecule has 3 N–H and O–H groups in total. The summed E-state index contributed by atoms with van der Waals surface area (Å²) in [4.78, 5) is 22.4. The summed E-state index contributed by atoms with van der Waals surface area (Å²) >= 11 is 0. The van der Waals surface area contributed by atoms with Crippen molar-refractivity contribution in [1.29, 1.82) is 0 Å². The number of nitrogens with zero attached hydrogens (tertiary/aromatic N) is 3. The zero-order chi connectivity index (χ0) is 23.9. The van der Waals surface area contributed by atoms with Crippen LogP contribution in [0.2, 0.25) is 0 Å². The molecule has 7 nitrogen and oxygen atoms in total. The molecule has 3 heterocycles. The second kappa shape index (κ2) is 10.9. The molecule has 0 saturated carbocycles. The van der Waals surface area contributed by atoms with Crippen molar-refractivity contribution in [3.05, 3.63) is 83.2 Å². The average Bonchev–Trinajstić information content (AvgIpc) is 2.84. The molecule has 1 aromatic carbocycles. The van der Waals surface area contributed by atoms with Gasteiger partial charge < -0.3 is 20.6 Å². The third-order valence-electron chi connectivity index (χ3n) is 5.80. The number of hydrogen-bond acceptors (Lipinski definition) is 5. The van der Waals surface area contributed by atoms with Gasteiger partial charge in [-0.05, 0) is 74.6 Å². The van der Waals surface area contributed by atoms with Gasteiger partial charge in [-0.25, -0.2) is 14.8 Å². The van der Waals surface area contributed by atoms with E-state index in [2.05, 4.69) is 56.5 Å². The minimum absolute atomic E-state index is 0.145. The molecule has 34 heavy (non-hydrogen) atoms. The van der Waals surface area contributed by atoms with Crippen LogP contribution in [0.5, 0.6) is 0 Å². The standard InChI is InChI=1S/C26H26FN5O2/c1-32-11-8-19(9-12-32)20-4-2-3-18(13-20)5-6-22-14-23(7-10-28-22)30-26(34)31-24-15-25(27)29-16-21(24)17-33/h2-4,7,10,13-16,19,33H,8-9,11-12,17H2,1H3,(H2,28,29,30,31,34). The van der Waals surface area contributed by atoms with Crippen LogP contribution in [0.15, 0.2) is 54.9 Å². The van der Waals surface area contributed by atoms with Crippen molar-refractivity contribution in [1.82, 2.24) is 14.9 Å². The van der Waals surface area contributed by atoms with Gasteiger partial charge in [-0.15, -0.1) is 0 Å². The number of piperidine rings is 1. The van der Waals surface area contributed by atoms with Crippen molar-refractivity contribution in [3.63, 3.8) is 0 Å². The first kappa shape index (κ1) is 23.4. The molecule has 0 aliphatic carbocycles. The highest BCUT2D eigenvalue weighted by Crippen LogP contribution is 2.27. The summed E-state index contributed by atoms with van der Waals surface area (Å²) in [5.41, 5.74) is 3.68. The molecule has 0 bridgehead atoms. The van der Waals surface area contributed by atoms with E-state index in [1.807, 2.05) is 12.1 Å². The smallest absolute Gasteiger partial charge is 0.323 e. The van der Waals surface area contributed by atoms with Crippen LogP contribution in [0.1, 0.15) is 41.1 Å². The number of nitrogens with one attached hydrogen (secondary N) is 2. The Labute approximate surface area is 198 Å². The van der Waals surface area contributed by atoms with Crippen LogP contribution in [-0.4, -0.2) is 46.1 Å². The zero-order valence-corrected chi connectivity index (χ0v) is 18.9. The first-order chi connectivity index (χ1) is 16.5. The van der Waals surface area contributed by atoms with Crippen LogP contribution >= 0.6 is 0 Å². The van der Waals surface area contributed by atoms with Crippen LogP contribution in [-0.2, 0) is 6.61 Å².